The zero-order valence-electron chi connectivity index (χ0n) is 50.2. The Bertz CT molecular complexity index is 2820. The fraction of sp³-hybridized carbons (Fsp3) is 0.528. The van der Waals surface area contributed by atoms with E-state index in [0.717, 1.165) is 38.5 Å². The molecule has 2 fully saturated rings. The number of allylic oxidation sites excluding steroid dienone is 16. The predicted molar refractivity (Wildman–Crippen MR) is 317 cm³/mol. The fourth-order valence-electron chi connectivity index (χ4n) is 12.9. The molecule has 0 aromatic heterocycles. The number of benzene rings is 2. The van der Waals surface area contributed by atoms with Crippen LogP contribution in [0.2, 0.25) is 0 Å². The number of fused-ring (bicyclic) bond motifs is 4. The van der Waals surface area contributed by atoms with Crippen LogP contribution in [0.1, 0.15) is 225 Å². The van der Waals surface area contributed by atoms with E-state index in [9.17, 15) is 0 Å². The van der Waals surface area contributed by atoms with Crippen LogP contribution in [0.5, 0.6) is 0 Å². The summed E-state index contributed by atoms with van der Waals surface area (Å²) in [5.41, 5.74) is 17.5. The molecule has 76 heavy (non-hydrogen) atoms. The van der Waals surface area contributed by atoms with Crippen molar-refractivity contribution in [3.63, 3.8) is 0 Å². The topological polar surface area (TPSA) is 0 Å². The van der Waals surface area contributed by atoms with E-state index in [1.54, 1.807) is 88.3 Å². The quantitative estimate of drug-likeness (QED) is 0.253. The first-order valence-corrected chi connectivity index (χ1v) is 31.7. The molecule has 0 aliphatic heterocycles. The van der Waals surface area contributed by atoms with Crippen molar-refractivity contribution < 1.29 is 73.3 Å². The molecule has 2 unspecified atom stereocenters. The van der Waals surface area contributed by atoms with Crippen molar-refractivity contribution in [1.82, 2.24) is 0 Å². The molecule has 2 aromatic carbocycles. The second kappa shape index (κ2) is 26.2. The van der Waals surface area contributed by atoms with Crippen molar-refractivity contribution in [1.29, 1.82) is 0 Å². The van der Waals surface area contributed by atoms with Crippen molar-refractivity contribution in [2.45, 2.75) is 224 Å². The Balaban J connectivity index is 0.000000218. The van der Waals surface area contributed by atoms with Gasteiger partial charge in [0.25, 0.3) is 0 Å². The summed E-state index contributed by atoms with van der Waals surface area (Å²) in [6, 6.07) is 14.0. The Morgan fingerprint density at radius 1 is 0.474 bits per heavy atom. The van der Waals surface area contributed by atoms with Crippen molar-refractivity contribution in [3.8, 4) is 0 Å². The molecule has 0 nitrogen and oxygen atoms in total. The minimum absolute atomic E-state index is 0. The first-order valence-electron chi connectivity index (χ1n) is 29.2. The average molecular weight is 1210 g/mol. The second-order valence-corrected chi connectivity index (χ2v) is 30.1. The van der Waals surface area contributed by atoms with E-state index in [1.165, 1.54) is 119 Å². The maximum atomic E-state index is 4.07. The predicted octanol–water partition coefficient (Wildman–Crippen LogP) is 10.8. The molecule has 0 spiro atoms. The first-order chi connectivity index (χ1) is 34.8. The van der Waals surface area contributed by atoms with Crippen molar-refractivity contribution in [3.05, 3.63) is 162 Å². The summed E-state index contributed by atoms with van der Waals surface area (Å²) in [5.74, 6) is 0. The number of hydrogen-bond donors (Lipinski definition) is 0. The Kier molecular flexibility index (Phi) is 22.3. The van der Waals surface area contributed by atoms with E-state index in [1.807, 2.05) is 0 Å². The first kappa shape index (κ1) is 64.7. The van der Waals surface area contributed by atoms with Gasteiger partial charge in [0.05, 0.1) is 0 Å². The van der Waals surface area contributed by atoms with Crippen LogP contribution in [0, 0.1) is 33.8 Å². The molecule has 4 heteroatoms. The Labute approximate surface area is 506 Å². The molecular weight excluding hydrogens is 1120 g/mol. The normalized spacial score (nSPS) is 22.5. The van der Waals surface area contributed by atoms with Gasteiger partial charge in [0.1, 0.15) is 0 Å². The summed E-state index contributed by atoms with van der Waals surface area (Å²) in [4.78, 5) is 0. The molecule has 0 bridgehead atoms. The van der Waals surface area contributed by atoms with Crippen LogP contribution >= 0.6 is 0 Å². The molecular formula is C72H94Cl2Zr2-4. The third kappa shape index (κ3) is 13.8. The zero-order chi connectivity index (χ0) is 54.0. The third-order valence-electron chi connectivity index (χ3n) is 17.6. The summed E-state index contributed by atoms with van der Waals surface area (Å²) in [5, 5.41) is 5.40. The van der Waals surface area contributed by atoms with Gasteiger partial charge in [-0.15, -0.1) is 23.3 Å². The number of hydrogen-bond acceptors (Lipinski definition) is 0. The van der Waals surface area contributed by atoms with Crippen LogP contribution in [-0.4, -0.2) is 6.41 Å². The van der Waals surface area contributed by atoms with Crippen molar-refractivity contribution in [2.24, 2.45) is 21.7 Å². The summed E-state index contributed by atoms with van der Waals surface area (Å²) in [6.45, 7) is 37.2. The Hall–Kier alpha value is -2.07. The van der Waals surface area contributed by atoms with Gasteiger partial charge in [-0.2, -0.15) is 35.5 Å². The maximum absolute atomic E-state index is 4.07. The standard InChI is InChI=1S/2C30H37.2C6H10.2ClH.2Zr/c2*1-9-20-11-14-27(24(20)10-2)30(29(6,7)8)16-15-26-22(19-30)17-21-18-23(28(3,4)5)12-13-25(21)26;2*1-2-4-6-5-3-1;;;;/h2*11-13,15-18H,9-10,14H2,1-8H3;2*1-5H2;2*1H;;/q2*-1;;;;;;/p-2. The van der Waals surface area contributed by atoms with E-state index in [2.05, 4.69) is 208 Å². The Morgan fingerprint density at radius 3 is 1.08 bits per heavy atom. The van der Waals surface area contributed by atoms with Crippen molar-refractivity contribution in [2.75, 3.05) is 0 Å². The summed E-state index contributed by atoms with van der Waals surface area (Å²) in [6.07, 6.45) is 48.7. The Morgan fingerprint density at radius 2 is 0.816 bits per heavy atom. The second-order valence-electron chi connectivity index (χ2n) is 26.6. The molecule has 0 heterocycles. The monoisotopic (exact) mass is 1210 g/mol. The third-order valence-corrected chi connectivity index (χ3v) is 20.0. The molecule has 2 aromatic rings. The SMILES string of the molecule is CCC1=CCC(C2(C(C)(C)C)[C-]=C3C=c4cc(C(C)(C)C)ccc4=C3C=C2)=C1CC.CCC1=CCC(C2(C(C)(C)C)[C-]=C3C=c4cc(C(C)(C)C)ccc4=C3C=C2)=C1CC.[Cl-].[Cl-].[Zr]=[C]1CCCCC1.[Zr]=[C]1CCCCC1. The van der Waals surface area contributed by atoms with Gasteiger partial charge in [-0.1, -0.05) is 204 Å². The van der Waals surface area contributed by atoms with Gasteiger partial charge in [-0.3, -0.25) is 0 Å². The van der Waals surface area contributed by atoms with E-state index in [0.29, 0.717) is 0 Å². The van der Waals surface area contributed by atoms with E-state index >= 15 is 0 Å². The van der Waals surface area contributed by atoms with Gasteiger partial charge in [0, 0.05) is 0 Å². The van der Waals surface area contributed by atoms with Crippen LogP contribution in [0.4, 0.5) is 0 Å². The molecule has 0 amide bonds. The van der Waals surface area contributed by atoms with Crippen LogP contribution in [-0.2, 0) is 59.3 Å². The van der Waals surface area contributed by atoms with Gasteiger partial charge < -0.3 is 24.8 Å². The van der Waals surface area contributed by atoms with E-state index in [-0.39, 0.29) is 57.3 Å². The van der Waals surface area contributed by atoms with E-state index in [4.69, 9.17) is 0 Å². The van der Waals surface area contributed by atoms with Gasteiger partial charge in [-0.05, 0) is 104 Å². The van der Waals surface area contributed by atoms with Gasteiger partial charge in [-0.25, -0.2) is 0 Å². The van der Waals surface area contributed by atoms with Gasteiger partial charge in [0.2, 0.25) is 0 Å². The summed E-state index contributed by atoms with van der Waals surface area (Å²) in [7, 11) is 0. The molecule has 10 rings (SSSR count). The summed E-state index contributed by atoms with van der Waals surface area (Å²) < 4.78 is 3.61. The zero-order valence-corrected chi connectivity index (χ0v) is 56.6. The molecule has 2 saturated carbocycles. The fourth-order valence-corrected chi connectivity index (χ4v) is 14.6. The van der Waals surface area contributed by atoms with Gasteiger partial charge in [0.15, 0.2) is 0 Å². The average Bonchev–Trinajstić information content (AvgIpc) is 4.15. The van der Waals surface area contributed by atoms with Crippen LogP contribution in [0.25, 0.3) is 23.3 Å². The molecule has 0 radical (unpaired) electrons. The minimum atomic E-state index is -0.157. The number of halogens is 2. The van der Waals surface area contributed by atoms with Crippen LogP contribution in [0.15, 0.2) is 117 Å². The number of rotatable bonds is 6. The molecule has 0 N–H and O–H groups in total. The van der Waals surface area contributed by atoms with Crippen LogP contribution < -0.4 is 45.7 Å². The molecule has 8 aliphatic rings. The van der Waals surface area contributed by atoms with E-state index < -0.39 is 0 Å². The molecule has 0 saturated heterocycles. The molecule has 408 valence electrons. The summed E-state index contributed by atoms with van der Waals surface area (Å²) >= 11 is 3.38. The van der Waals surface area contributed by atoms with Crippen LogP contribution in [0.3, 0.4) is 0 Å². The molecule has 8 aliphatic carbocycles. The van der Waals surface area contributed by atoms with Gasteiger partial charge >= 0.3 is 119 Å². The molecule has 2 atom stereocenters. The van der Waals surface area contributed by atoms with Crippen molar-refractivity contribution >= 4 is 29.7 Å².